The first kappa shape index (κ1) is 15.7. The van der Waals surface area contributed by atoms with E-state index in [1.165, 1.54) is 19.3 Å². The summed E-state index contributed by atoms with van der Waals surface area (Å²) in [5, 5.41) is 3.30. The fourth-order valence-electron chi connectivity index (χ4n) is 2.88. The van der Waals surface area contributed by atoms with Crippen LogP contribution >= 0.6 is 15.9 Å². The summed E-state index contributed by atoms with van der Waals surface area (Å²) >= 11 is 3.57. The van der Waals surface area contributed by atoms with Gasteiger partial charge in [-0.25, -0.2) is 9.97 Å². The lowest BCUT2D eigenvalue weighted by atomic mass is 9.83. The van der Waals surface area contributed by atoms with E-state index in [-0.39, 0.29) is 5.60 Å². The van der Waals surface area contributed by atoms with Crippen molar-refractivity contribution in [2.24, 2.45) is 0 Å². The molecule has 1 fully saturated rings. The molecule has 0 unspecified atom stereocenters. The number of aromatic nitrogens is 2. The average molecular weight is 342 g/mol. The summed E-state index contributed by atoms with van der Waals surface area (Å²) in [7, 11) is 0. The Hall–Kier alpha value is -0.680. The Labute approximate surface area is 129 Å². The van der Waals surface area contributed by atoms with Gasteiger partial charge in [0.15, 0.2) is 5.82 Å². The molecule has 0 saturated heterocycles. The summed E-state index contributed by atoms with van der Waals surface area (Å²) in [6, 6.07) is 0. The third kappa shape index (κ3) is 3.14. The van der Waals surface area contributed by atoms with E-state index in [2.05, 4.69) is 28.2 Å². The molecular weight excluding hydrogens is 318 g/mol. The van der Waals surface area contributed by atoms with Gasteiger partial charge in [-0.1, -0.05) is 19.3 Å². The summed E-state index contributed by atoms with van der Waals surface area (Å²) in [4.78, 5) is 9.45. The van der Waals surface area contributed by atoms with Gasteiger partial charge >= 0.3 is 0 Å². The monoisotopic (exact) mass is 341 g/mol. The van der Waals surface area contributed by atoms with Crippen molar-refractivity contribution in [3.05, 3.63) is 16.0 Å². The SMILES string of the molecule is CCNc1nc(C2(OCC)CCCCC2)nc(C)c1Br. The Balaban J connectivity index is 2.42. The summed E-state index contributed by atoms with van der Waals surface area (Å²) < 4.78 is 7.07. The van der Waals surface area contributed by atoms with E-state index < -0.39 is 0 Å². The Morgan fingerprint density at radius 3 is 2.50 bits per heavy atom. The molecule has 1 aromatic rings. The zero-order chi connectivity index (χ0) is 14.6. The van der Waals surface area contributed by atoms with Crippen molar-refractivity contribution < 1.29 is 4.74 Å². The van der Waals surface area contributed by atoms with Crippen LogP contribution in [0, 0.1) is 6.92 Å². The van der Waals surface area contributed by atoms with Gasteiger partial charge < -0.3 is 10.1 Å². The molecule has 1 saturated carbocycles. The summed E-state index contributed by atoms with van der Waals surface area (Å²) in [6.07, 6.45) is 5.70. The van der Waals surface area contributed by atoms with Gasteiger partial charge in [-0.2, -0.15) is 0 Å². The minimum atomic E-state index is -0.289. The van der Waals surface area contributed by atoms with Crippen LogP contribution in [-0.2, 0) is 10.3 Å². The van der Waals surface area contributed by atoms with Crippen molar-refractivity contribution in [3.8, 4) is 0 Å². The van der Waals surface area contributed by atoms with E-state index in [4.69, 9.17) is 14.7 Å². The fourth-order valence-corrected chi connectivity index (χ4v) is 3.20. The number of hydrogen-bond donors (Lipinski definition) is 1. The van der Waals surface area contributed by atoms with Crippen molar-refractivity contribution >= 4 is 21.7 Å². The first-order chi connectivity index (χ1) is 9.63. The van der Waals surface area contributed by atoms with Gasteiger partial charge in [0.05, 0.1) is 10.2 Å². The van der Waals surface area contributed by atoms with Gasteiger partial charge in [-0.05, 0) is 49.5 Å². The van der Waals surface area contributed by atoms with Crippen molar-refractivity contribution in [2.75, 3.05) is 18.5 Å². The summed E-state index contributed by atoms with van der Waals surface area (Å²) in [5.41, 5.74) is 0.679. The standard InChI is InChI=1S/C15H24BrN3O/c1-4-17-13-12(16)11(3)18-14(19-13)15(20-5-2)9-7-6-8-10-15/h4-10H2,1-3H3,(H,17,18,19). The number of anilines is 1. The van der Waals surface area contributed by atoms with E-state index in [1.54, 1.807) is 0 Å². The average Bonchev–Trinajstić information content (AvgIpc) is 2.45. The van der Waals surface area contributed by atoms with E-state index >= 15 is 0 Å². The van der Waals surface area contributed by atoms with Gasteiger partial charge in [0.25, 0.3) is 0 Å². The first-order valence-corrected chi connectivity index (χ1v) is 8.34. The molecule has 1 aromatic heterocycles. The highest BCUT2D eigenvalue weighted by Gasteiger charge is 2.38. The molecule has 0 bridgehead atoms. The highest BCUT2D eigenvalue weighted by atomic mass is 79.9. The van der Waals surface area contributed by atoms with E-state index in [0.717, 1.165) is 41.2 Å². The molecule has 0 radical (unpaired) electrons. The zero-order valence-corrected chi connectivity index (χ0v) is 14.2. The molecule has 0 amide bonds. The fraction of sp³-hybridized carbons (Fsp3) is 0.733. The van der Waals surface area contributed by atoms with Crippen LogP contribution in [0.4, 0.5) is 5.82 Å². The second kappa shape index (κ2) is 6.85. The maximum Gasteiger partial charge on any atom is 0.162 e. The van der Waals surface area contributed by atoms with Crippen LogP contribution < -0.4 is 5.32 Å². The van der Waals surface area contributed by atoms with Crippen LogP contribution in [0.5, 0.6) is 0 Å². The highest BCUT2D eigenvalue weighted by Crippen LogP contribution is 2.40. The minimum absolute atomic E-state index is 0.289. The summed E-state index contributed by atoms with van der Waals surface area (Å²) in [6.45, 7) is 7.68. The predicted molar refractivity (Wildman–Crippen MR) is 85.0 cm³/mol. The number of nitrogens with one attached hydrogen (secondary N) is 1. The molecule has 0 spiro atoms. The predicted octanol–water partition coefficient (Wildman–Crippen LogP) is 4.18. The van der Waals surface area contributed by atoms with E-state index in [0.29, 0.717) is 6.61 Å². The second-order valence-corrected chi connectivity index (χ2v) is 6.11. The Bertz CT molecular complexity index is 453. The Morgan fingerprint density at radius 2 is 1.90 bits per heavy atom. The number of rotatable bonds is 5. The van der Waals surface area contributed by atoms with E-state index in [9.17, 15) is 0 Å². The Morgan fingerprint density at radius 1 is 1.20 bits per heavy atom. The van der Waals surface area contributed by atoms with Crippen molar-refractivity contribution in [1.82, 2.24) is 9.97 Å². The third-order valence-electron chi connectivity index (χ3n) is 3.85. The molecule has 1 aliphatic rings. The maximum absolute atomic E-state index is 6.12. The topological polar surface area (TPSA) is 47.0 Å². The van der Waals surface area contributed by atoms with Crippen LogP contribution in [0.1, 0.15) is 57.5 Å². The first-order valence-electron chi connectivity index (χ1n) is 7.55. The highest BCUT2D eigenvalue weighted by molar-refractivity contribution is 9.10. The van der Waals surface area contributed by atoms with Gasteiger partial charge in [0, 0.05) is 13.2 Å². The molecule has 1 N–H and O–H groups in total. The number of hydrogen-bond acceptors (Lipinski definition) is 4. The zero-order valence-electron chi connectivity index (χ0n) is 12.6. The largest absolute Gasteiger partial charge is 0.369 e. The van der Waals surface area contributed by atoms with Crippen molar-refractivity contribution in [3.63, 3.8) is 0 Å². The molecule has 20 heavy (non-hydrogen) atoms. The molecule has 4 nitrogen and oxygen atoms in total. The number of aryl methyl sites for hydroxylation is 1. The molecular formula is C15H24BrN3O. The minimum Gasteiger partial charge on any atom is -0.369 e. The van der Waals surface area contributed by atoms with Gasteiger partial charge in [0.1, 0.15) is 11.4 Å². The van der Waals surface area contributed by atoms with Crippen LogP contribution in [0.3, 0.4) is 0 Å². The number of nitrogens with zero attached hydrogens (tertiary/aromatic N) is 2. The molecule has 2 rings (SSSR count). The number of halogens is 1. The van der Waals surface area contributed by atoms with Gasteiger partial charge in [-0.3, -0.25) is 0 Å². The number of ether oxygens (including phenoxy) is 1. The third-order valence-corrected chi connectivity index (χ3v) is 4.80. The quantitative estimate of drug-likeness (QED) is 0.872. The molecule has 0 atom stereocenters. The van der Waals surface area contributed by atoms with Gasteiger partial charge in [-0.15, -0.1) is 0 Å². The second-order valence-electron chi connectivity index (χ2n) is 5.31. The maximum atomic E-state index is 6.12. The lowest BCUT2D eigenvalue weighted by molar-refractivity contribution is -0.0767. The normalized spacial score (nSPS) is 18.0. The van der Waals surface area contributed by atoms with Gasteiger partial charge in [0.2, 0.25) is 0 Å². The molecule has 1 aliphatic carbocycles. The molecule has 5 heteroatoms. The molecule has 0 aliphatic heterocycles. The van der Waals surface area contributed by atoms with Crippen LogP contribution in [-0.4, -0.2) is 23.1 Å². The van der Waals surface area contributed by atoms with Crippen molar-refractivity contribution in [2.45, 2.75) is 58.5 Å². The van der Waals surface area contributed by atoms with E-state index in [1.807, 2.05) is 13.8 Å². The van der Waals surface area contributed by atoms with Crippen LogP contribution in [0.15, 0.2) is 4.47 Å². The lowest BCUT2D eigenvalue weighted by Gasteiger charge is -2.36. The smallest absolute Gasteiger partial charge is 0.162 e. The molecule has 112 valence electrons. The van der Waals surface area contributed by atoms with Crippen LogP contribution in [0.2, 0.25) is 0 Å². The van der Waals surface area contributed by atoms with Crippen molar-refractivity contribution in [1.29, 1.82) is 0 Å². The van der Waals surface area contributed by atoms with Crippen LogP contribution in [0.25, 0.3) is 0 Å². The lowest BCUT2D eigenvalue weighted by Crippen LogP contribution is -2.35. The Kier molecular flexibility index (Phi) is 5.38. The summed E-state index contributed by atoms with van der Waals surface area (Å²) in [5.74, 6) is 1.72. The molecule has 0 aromatic carbocycles. The molecule has 1 heterocycles.